The van der Waals surface area contributed by atoms with Crippen LogP contribution in [-0.2, 0) is 19.1 Å². The lowest BCUT2D eigenvalue weighted by Crippen LogP contribution is -2.52. The van der Waals surface area contributed by atoms with E-state index in [1.54, 1.807) is 20.8 Å². The zero-order valence-corrected chi connectivity index (χ0v) is 15.5. The Balaban J connectivity index is 2.23. The van der Waals surface area contributed by atoms with Crippen molar-refractivity contribution in [1.29, 1.82) is 0 Å². The van der Waals surface area contributed by atoms with Gasteiger partial charge >= 0.3 is 12.1 Å². The largest absolute Gasteiger partial charge is 0.468 e. The Hall–Kier alpha value is -2.05. The second kappa shape index (κ2) is 7.89. The Kier molecular flexibility index (Phi) is 6.08. The molecule has 2 rings (SSSR count). The van der Waals surface area contributed by atoms with Crippen molar-refractivity contribution in [3.63, 3.8) is 0 Å². The van der Waals surface area contributed by atoms with Gasteiger partial charge in [-0.2, -0.15) is 0 Å². The first-order valence-electron chi connectivity index (χ1n) is 8.73. The van der Waals surface area contributed by atoms with Gasteiger partial charge in [0, 0.05) is 13.1 Å². The minimum absolute atomic E-state index is 0.0366. The number of fused-ring (bicyclic) bond motifs is 1. The molecule has 0 bridgehead atoms. The molecule has 2 aliphatic rings. The van der Waals surface area contributed by atoms with Gasteiger partial charge in [0.05, 0.1) is 7.11 Å². The lowest BCUT2D eigenvalue weighted by Gasteiger charge is -2.32. The maximum atomic E-state index is 13.1. The molecule has 7 nitrogen and oxygen atoms in total. The monoisotopic (exact) mass is 352 g/mol. The molecule has 0 N–H and O–H groups in total. The fourth-order valence-electron chi connectivity index (χ4n) is 3.26. The molecule has 2 heterocycles. The van der Waals surface area contributed by atoms with Crippen molar-refractivity contribution in [1.82, 2.24) is 9.80 Å². The summed E-state index contributed by atoms with van der Waals surface area (Å²) >= 11 is 0. The van der Waals surface area contributed by atoms with Crippen molar-refractivity contribution in [2.45, 2.75) is 51.7 Å². The quantitative estimate of drug-likeness (QED) is 0.561. The summed E-state index contributed by atoms with van der Waals surface area (Å²) in [6, 6.07) is -0.595. The van der Waals surface area contributed by atoms with E-state index < -0.39 is 23.7 Å². The number of allylic oxidation sites excluding steroid dienone is 1. The first-order chi connectivity index (χ1) is 11.7. The van der Waals surface area contributed by atoms with Crippen LogP contribution in [0.5, 0.6) is 0 Å². The lowest BCUT2D eigenvalue weighted by atomic mass is 9.95. The van der Waals surface area contributed by atoms with E-state index in [0.717, 1.165) is 12.8 Å². The fraction of sp³-hybridized carbons (Fsp3) is 0.722. The van der Waals surface area contributed by atoms with Gasteiger partial charge in [-0.25, -0.2) is 4.79 Å². The van der Waals surface area contributed by atoms with Gasteiger partial charge in [0.1, 0.15) is 18.2 Å². The molecule has 2 aliphatic heterocycles. The molecule has 0 saturated carbocycles. The van der Waals surface area contributed by atoms with Gasteiger partial charge in [-0.05, 0) is 46.0 Å². The van der Waals surface area contributed by atoms with Gasteiger partial charge in [0.15, 0.2) is 0 Å². The maximum absolute atomic E-state index is 13.1. The third-order valence-corrected chi connectivity index (χ3v) is 4.43. The molecule has 2 atom stereocenters. The van der Waals surface area contributed by atoms with Crippen LogP contribution in [0.4, 0.5) is 4.79 Å². The van der Waals surface area contributed by atoms with Crippen LogP contribution < -0.4 is 0 Å². The number of nitrogens with zero attached hydrogens (tertiary/aromatic N) is 2. The Morgan fingerprint density at radius 2 is 1.96 bits per heavy atom. The summed E-state index contributed by atoms with van der Waals surface area (Å²) in [5, 5.41) is 0. The van der Waals surface area contributed by atoms with E-state index in [9.17, 15) is 14.4 Å². The van der Waals surface area contributed by atoms with Gasteiger partial charge < -0.3 is 14.4 Å². The first-order valence-corrected chi connectivity index (χ1v) is 8.73. The van der Waals surface area contributed by atoms with Crippen molar-refractivity contribution in [2.24, 2.45) is 5.92 Å². The van der Waals surface area contributed by atoms with Crippen LogP contribution >= 0.6 is 0 Å². The van der Waals surface area contributed by atoms with Crippen LogP contribution in [-0.4, -0.2) is 66.2 Å². The van der Waals surface area contributed by atoms with Crippen molar-refractivity contribution in [3.05, 3.63) is 12.2 Å². The highest BCUT2D eigenvalue weighted by Gasteiger charge is 2.44. The molecule has 0 aromatic rings. The van der Waals surface area contributed by atoms with Crippen LogP contribution in [0.25, 0.3) is 0 Å². The Morgan fingerprint density at radius 1 is 1.24 bits per heavy atom. The van der Waals surface area contributed by atoms with Gasteiger partial charge in [-0.1, -0.05) is 12.2 Å². The summed E-state index contributed by atoms with van der Waals surface area (Å²) in [6.07, 6.45) is 5.76. The van der Waals surface area contributed by atoms with E-state index in [-0.39, 0.29) is 18.4 Å². The van der Waals surface area contributed by atoms with E-state index in [0.29, 0.717) is 19.5 Å². The van der Waals surface area contributed by atoms with Gasteiger partial charge in [0.2, 0.25) is 5.91 Å². The zero-order chi connectivity index (χ0) is 18.6. The van der Waals surface area contributed by atoms with Crippen LogP contribution in [0.15, 0.2) is 12.2 Å². The molecule has 0 unspecified atom stereocenters. The first kappa shape index (κ1) is 19.3. The predicted octanol–water partition coefficient (Wildman–Crippen LogP) is 1.96. The SMILES string of the molecule is COC(=O)CN1CC/C=C\C[C@H]2CCN(C(=O)OC(C)(C)C)[C@@H]2C1=O. The highest BCUT2D eigenvalue weighted by Crippen LogP contribution is 2.31. The summed E-state index contributed by atoms with van der Waals surface area (Å²) in [5.41, 5.74) is -0.623. The molecule has 0 aromatic heterocycles. The highest BCUT2D eigenvalue weighted by atomic mass is 16.6. The Bertz CT molecular complexity index is 552. The standard InChI is InChI=1S/C18H28N2O5/c1-18(2,3)25-17(23)20-11-9-13-8-6-5-7-10-19(12-14(21)24-4)16(22)15(13)20/h5-6,13,15H,7-12H2,1-4H3/b6-5-/t13-,15-/m0/s1. The molecule has 2 amide bonds. The third kappa shape index (κ3) is 4.96. The number of likely N-dealkylation sites (tertiary alicyclic amines) is 1. The lowest BCUT2D eigenvalue weighted by molar-refractivity contribution is -0.149. The third-order valence-electron chi connectivity index (χ3n) is 4.43. The van der Waals surface area contributed by atoms with Crippen LogP contribution in [0.3, 0.4) is 0 Å². The number of esters is 1. The molecule has 7 heteroatoms. The fourth-order valence-corrected chi connectivity index (χ4v) is 3.26. The summed E-state index contributed by atoms with van der Waals surface area (Å²) in [5.74, 6) is -0.632. The Morgan fingerprint density at radius 3 is 2.60 bits per heavy atom. The normalized spacial score (nSPS) is 25.5. The van der Waals surface area contributed by atoms with E-state index in [4.69, 9.17) is 9.47 Å². The number of amides is 2. The minimum Gasteiger partial charge on any atom is -0.468 e. The van der Waals surface area contributed by atoms with E-state index in [1.165, 1.54) is 16.9 Å². The Labute approximate surface area is 148 Å². The van der Waals surface area contributed by atoms with Crippen LogP contribution in [0.2, 0.25) is 0 Å². The average Bonchev–Trinajstić information content (AvgIpc) is 2.95. The number of hydrogen-bond acceptors (Lipinski definition) is 5. The molecule has 1 saturated heterocycles. The van der Waals surface area contributed by atoms with E-state index in [1.807, 2.05) is 6.08 Å². The maximum Gasteiger partial charge on any atom is 0.410 e. The molecular weight excluding hydrogens is 324 g/mol. The van der Waals surface area contributed by atoms with Gasteiger partial charge in [-0.3, -0.25) is 14.5 Å². The molecule has 0 aliphatic carbocycles. The highest BCUT2D eigenvalue weighted by molar-refractivity contribution is 5.89. The second-order valence-corrected chi connectivity index (χ2v) is 7.50. The summed E-state index contributed by atoms with van der Waals surface area (Å²) < 4.78 is 10.2. The predicted molar refractivity (Wildman–Crippen MR) is 91.8 cm³/mol. The zero-order valence-electron chi connectivity index (χ0n) is 15.5. The number of carbonyl (C=O) groups excluding carboxylic acids is 3. The number of ether oxygens (including phenoxy) is 2. The molecule has 25 heavy (non-hydrogen) atoms. The summed E-state index contributed by atoms with van der Waals surface area (Å²) in [4.78, 5) is 40.3. The number of carbonyl (C=O) groups is 3. The van der Waals surface area contributed by atoms with Gasteiger partial charge in [0.25, 0.3) is 0 Å². The topological polar surface area (TPSA) is 76.2 Å². The summed E-state index contributed by atoms with van der Waals surface area (Å²) in [6.45, 7) is 6.21. The minimum atomic E-state index is -0.623. The van der Waals surface area contributed by atoms with E-state index in [2.05, 4.69) is 6.08 Å². The van der Waals surface area contributed by atoms with Crippen molar-refractivity contribution in [2.75, 3.05) is 26.7 Å². The van der Waals surface area contributed by atoms with Crippen LogP contribution in [0.1, 0.15) is 40.0 Å². The van der Waals surface area contributed by atoms with Crippen molar-refractivity contribution in [3.8, 4) is 0 Å². The van der Waals surface area contributed by atoms with Crippen molar-refractivity contribution >= 4 is 18.0 Å². The smallest absolute Gasteiger partial charge is 0.410 e. The molecule has 1 fully saturated rings. The van der Waals surface area contributed by atoms with Crippen LogP contribution in [0, 0.1) is 5.92 Å². The summed E-state index contributed by atoms with van der Waals surface area (Å²) in [7, 11) is 1.30. The molecule has 0 spiro atoms. The molecular formula is C18H28N2O5. The molecule has 0 radical (unpaired) electrons. The van der Waals surface area contributed by atoms with E-state index >= 15 is 0 Å². The molecule has 140 valence electrons. The van der Waals surface area contributed by atoms with Gasteiger partial charge in [-0.15, -0.1) is 0 Å². The number of rotatable bonds is 2. The molecule has 0 aromatic carbocycles. The van der Waals surface area contributed by atoms with Crippen molar-refractivity contribution < 1.29 is 23.9 Å². The number of hydrogen-bond donors (Lipinski definition) is 0. The average molecular weight is 352 g/mol. The second-order valence-electron chi connectivity index (χ2n) is 7.50. The number of methoxy groups -OCH3 is 1.